The third kappa shape index (κ3) is 4.19. The molecule has 8 nitrogen and oxygen atoms in total. The number of halogens is 1. The van der Waals surface area contributed by atoms with Gasteiger partial charge in [0, 0.05) is 41.7 Å². The topological polar surface area (TPSA) is 124 Å². The predicted molar refractivity (Wildman–Crippen MR) is 136 cm³/mol. The molecule has 6 rings (SSSR count). The number of pyridine rings is 1. The van der Waals surface area contributed by atoms with Crippen LogP contribution in [-0.4, -0.2) is 31.3 Å². The van der Waals surface area contributed by atoms with Crippen LogP contribution >= 0.6 is 0 Å². The SMILES string of the molecule is Nc1nccn2c([C@@H]3CCCC(N)C3)nc(-c3ccc(C(=O)Nc4cc(C5CC5)ccn4)cc3F)c12. The second-order valence-electron chi connectivity index (χ2n) is 9.87. The van der Waals surface area contributed by atoms with Gasteiger partial charge in [-0.25, -0.2) is 19.3 Å². The van der Waals surface area contributed by atoms with Gasteiger partial charge in [-0.3, -0.25) is 9.20 Å². The normalized spacial score (nSPS) is 19.9. The summed E-state index contributed by atoms with van der Waals surface area (Å²) in [5.41, 5.74) is 15.1. The fraction of sp³-hybridized carbons (Fsp3) is 0.333. The molecule has 0 radical (unpaired) electrons. The number of carbonyl (C=O) groups excluding carboxylic acids is 1. The fourth-order valence-corrected chi connectivity index (χ4v) is 5.25. The van der Waals surface area contributed by atoms with Crippen molar-refractivity contribution in [1.29, 1.82) is 0 Å². The maximum absolute atomic E-state index is 15.5. The molecule has 1 amide bonds. The first kappa shape index (κ1) is 22.6. The van der Waals surface area contributed by atoms with Gasteiger partial charge in [0.1, 0.15) is 34.5 Å². The smallest absolute Gasteiger partial charge is 0.256 e. The van der Waals surface area contributed by atoms with Crippen LogP contribution in [-0.2, 0) is 0 Å². The lowest BCUT2D eigenvalue weighted by Gasteiger charge is -2.25. The Morgan fingerprint density at radius 1 is 1.06 bits per heavy atom. The molecule has 3 aromatic heterocycles. The van der Waals surface area contributed by atoms with E-state index in [0.29, 0.717) is 22.9 Å². The Kier molecular flexibility index (Phi) is 5.64. The first-order valence-corrected chi connectivity index (χ1v) is 12.4. The summed E-state index contributed by atoms with van der Waals surface area (Å²) >= 11 is 0. The van der Waals surface area contributed by atoms with Crippen LogP contribution in [0.3, 0.4) is 0 Å². The van der Waals surface area contributed by atoms with E-state index in [9.17, 15) is 4.79 Å². The minimum Gasteiger partial charge on any atom is -0.382 e. The van der Waals surface area contributed by atoms with E-state index >= 15 is 4.39 Å². The highest BCUT2D eigenvalue weighted by atomic mass is 19.1. The summed E-state index contributed by atoms with van der Waals surface area (Å²) in [6.07, 6.45) is 11.2. The second-order valence-corrected chi connectivity index (χ2v) is 9.87. The number of hydrogen-bond donors (Lipinski definition) is 3. The van der Waals surface area contributed by atoms with Crippen molar-refractivity contribution < 1.29 is 9.18 Å². The van der Waals surface area contributed by atoms with Crippen LogP contribution < -0.4 is 16.8 Å². The molecule has 1 unspecified atom stereocenters. The third-order valence-corrected chi connectivity index (χ3v) is 7.25. The van der Waals surface area contributed by atoms with Crippen molar-refractivity contribution in [1.82, 2.24) is 19.4 Å². The van der Waals surface area contributed by atoms with Gasteiger partial charge in [-0.1, -0.05) is 6.42 Å². The van der Waals surface area contributed by atoms with Gasteiger partial charge in [-0.2, -0.15) is 0 Å². The molecule has 184 valence electrons. The zero-order valence-corrected chi connectivity index (χ0v) is 19.8. The molecule has 2 aliphatic rings. The van der Waals surface area contributed by atoms with Crippen LogP contribution in [0.15, 0.2) is 48.9 Å². The number of nitrogens with one attached hydrogen (secondary N) is 1. The highest BCUT2D eigenvalue weighted by Gasteiger charge is 2.28. The summed E-state index contributed by atoms with van der Waals surface area (Å²) in [4.78, 5) is 26.1. The highest BCUT2D eigenvalue weighted by molar-refractivity contribution is 6.04. The van der Waals surface area contributed by atoms with Crippen LogP contribution in [0.4, 0.5) is 16.0 Å². The number of aromatic nitrogens is 4. The molecule has 3 heterocycles. The van der Waals surface area contributed by atoms with Gasteiger partial charge in [0.2, 0.25) is 0 Å². The molecule has 2 fully saturated rings. The van der Waals surface area contributed by atoms with Crippen LogP contribution in [0.1, 0.15) is 72.1 Å². The molecule has 0 saturated heterocycles. The Labute approximate surface area is 208 Å². The average Bonchev–Trinajstić information content (AvgIpc) is 3.65. The molecule has 2 atom stereocenters. The number of benzene rings is 1. The summed E-state index contributed by atoms with van der Waals surface area (Å²) in [5, 5.41) is 2.78. The van der Waals surface area contributed by atoms with Crippen molar-refractivity contribution in [3.63, 3.8) is 0 Å². The lowest BCUT2D eigenvalue weighted by molar-refractivity contribution is 0.102. The molecule has 0 spiro atoms. The second kappa shape index (κ2) is 8.98. The molecule has 2 aliphatic carbocycles. The molecule has 2 saturated carbocycles. The molecule has 4 aromatic rings. The van der Waals surface area contributed by atoms with Crippen molar-refractivity contribution in [2.75, 3.05) is 11.1 Å². The zero-order chi connectivity index (χ0) is 24.8. The summed E-state index contributed by atoms with van der Waals surface area (Å²) in [7, 11) is 0. The Hall–Kier alpha value is -3.85. The van der Waals surface area contributed by atoms with Crippen molar-refractivity contribution in [2.24, 2.45) is 5.73 Å². The molecule has 36 heavy (non-hydrogen) atoms. The van der Waals surface area contributed by atoms with Gasteiger partial charge in [0.15, 0.2) is 0 Å². The largest absolute Gasteiger partial charge is 0.382 e. The van der Waals surface area contributed by atoms with Crippen molar-refractivity contribution in [3.8, 4) is 11.3 Å². The first-order valence-electron chi connectivity index (χ1n) is 12.4. The van der Waals surface area contributed by atoms with Crippen LogP contribution in [0.5, 0.6) is 0 Å². The van der Waals surface area contributed by atoms with E-state index in [4.69, 9.17) is 16.5 Å². The minimum atomic E-state index is -0.558. The first-order chi connectivity index (χ1) is 17.5. The lowest BCUT2D eigenvalue weighted by Crippen LogP contribution is -2.27. The van der Waals surface area contributed by atoms with Gasteiger partial charge in [0.25, 0.3) is 5.91 Å². The van der Waals surface area contributed by atoms with E-state index in [1.807, 2.05) is 16.5 Å². The summed E-state index contributed by atoms with van der Waals surface area (Å²) in [6.45, 7) is 0. The highest BCUT2D eigenvalue weighted by Crippen LogP contribution is 2.40. The Morgan fingerprint density at radius 2 is 1.92 bits per heavy atom. The summed E-state index contributed by atoms with van der Waals surface area (Å²) in [5.74, 6) is 1.26. The minimum absolute atomic E-state index is 0.118. The van der Waals surface area contributed by atoms with Gasteiger partial charge >= 0.3 is 0 Å². The van der Waals surface area contributed by atoms with Crippen LogP contribution in [0, 0.1) is 5.82 Å². The molecule has 0 bridgehead atoms. The number of amides is 1. The van der Waals surface area contributed by atoms with Gasteiger partial charge in [0.05, 0.1) is 0 Å². The van der Waals surface area contributed by atoms with Crippen molar-refractivity contribution in [2.45, 2.75) is 56.4 Å². The standard InChI is InChI=1S/C27H28FN7O/c28-21-13-18(27(36)33-22-14-16(8-9-31-22)15-4-5-15)6-7-20(21)23-24-25(30)32-10-11-35(24)26(34-23)17-2-1-3-19(29)12-17/h6-11,13-15,17,19H,1-5,12,29H2,(H2,30,32)(H,31,33,36)/t17-,19?/m1/s1. The van der Waals surface area contributed by atoms with Gasteiger partial charge < -0.3 is 16.8 Å². The van der Waals surface area contributed by atoms with Gasteiger partial charge in [-0.15, -0.1) is 0 Å². The number of nitrogen functional groups attached to an aromatic ring is 1. The zero-order valence-electron chi connectivity index (χ0n) is 19.8. The summed E-state index contributed by atoms with van der Waals surface area (Å²) < 4.78 is 17.4. The predicted octanol–water partition coefficient (Wildman–Crippen LogP) is 4.63. The average molecular weight is 486 g/mol. The van der Waals surface area contributed by atoms with Gasteiger partial charge in [-0.05, 0) is 73.9 Å². The van der Waals surface area contributed by atoms with Crippen molar-refractivity contribution >= 4 is 23.1 Å². The monoisotopic (exact) mass is 485 g/mol. The Balaban J connectivity index is 1.32. The van der Waals surface area contributed by atoms with E-state index in [1.54, 1.807) is 30.7 Å². The molecule has 9 heteroatoms. The van der Waals surface area contributed by atoms with E-state index in [0.717, 1.165) is 49.9 Å². The molecule has 1 aromatic carbocycles. The molecule has 0 aliphatic heterocycles. The maximum Gasteiger partial charge on any atom is 0.256 e. The van der Waals surface area contributed by atoms with Crippen LogP contribution in [0.25, 0.3) is 16.8 Å². The molecular formula is C27H28FN7O. The van der Waals surface area contributed by atoms with Crippen molar-refractivity contribution in [3.05, 3.63) is 71.7 Å². The number of nitrogens with two attached hydrogens (primary N) is 2. The Morgan fingerprint density at radius 3 is 2.69 bits per heavy atom. The number of imidazole rings is 1. The number of fused-ring (bicyclic) bond motifs is 1. The number of nitrogens with zero attached hydrogens (tertiary/aromatic N) is 4. The van der Waals surface area contributed by atoms with E-state index in [2.05, 4.69) is 15.3 Å². The summed E-state index contributed by atoms with van der Waals surface area (Å²) in [6, 6.07) is 8.35. The Bertz CT molecular complexity index is 1460. The maximum atomic E-state index is 15.5. The lowest BCUT2D eigenvalue weighted by atomic mass is 9.85. The number of rotatable bonds is 5. The number of hydrogen-bond acceptors (Lipinski definition) is 6. The van der Waals surface area contributed by atoms with Crippen LogP contribution in [0.2, 0.25) is 0 Å². The number of anilines is 2. The van der Waals surface area contributed by atoms with E-state index < -0.39 is 11.7 Å². The van der Waals surface area contributed by atoms with E-state index in [-0.39, 0.29) is 28.9 Å². The van der Waals surface area contributed by atoms with E-state index in [1.165, 1.54) is 6.07 Å². The quantitative estimate of drug-likeness (QED) is 0.379. The molecule has 5 N–H and O–H groups in total. The fourth-order valence-electron chi connectivity index (χ4n) is 5.25. The molecular weight excluding hydrogens is 457 g/mol. The number of carbonyl (C=O) groups is 1. The third-order valence-electron chi connectivity index (χ3n) is 7.25.